The fourth-order valence-corrected chi connectivity index (χ4v) is 3.82. The van der Waals surface area contributed by atoms with Crippen LogP contribution < -0.4 is 5.32 Å². The van der Waals surface area contributed by atoms with Gasteiger partial charge in [-0.05, 0) is 28.9 Å². The summed E-state index contributed by atoms with van der Waals surface area (Å²) in [6.45, 7) is 9.50. The Morgan fingerprint density at radius 1 is 1.41 bits per heavy atom. The molecule has 94 valence electrons. The number of nitrogens with zero attached hydrogens (tertiary/aromatic N) is 2. The summed E-state index contributed by atoms with van der Waals surface area (Å²) in [5.41, 5.74) is 1.47. The second-order valence-electron chi connectivity index (χ2n) is 5.00. The first-order valence-corrected chi connectivity index (χ1v) is 7.54. The van der Waals surface area contributed by atoms with E-state index in [9.17, 15) is 0 Å². The lowest BCUT2D eigenvalue weighted by atomic mass is 9.96. The Morgan fingerprint density at radius 2 is 2.24 bits per heavy atom. The van der Waals surface area contributed by atoms with E-state index in [1.54, 1.807) is 11.3 Å². The lowest BCUT2D eigenvalue weighted by Gasteiger charge is -2.50. The topological polar surface area (TPSA) is 18.5 Å². The van der Waals surface area contributed by atoms with Gasteiger partial charge in [0.15, 0.2) is 0 Å². The van der Waals surface area contributed by atoms with Gasteiger partial charge in [-0.1, -0.05) is 6.92 Å². The van der Waals surface area contributed by atoms with Gasteiger partial charge in [0.05, 0.1) is 0 Å². The van der Waals surface area contributed by atoms with E-state index < -0.39 is 0 Å². The highest BCUT2D eigenvalue weighted by atomic mass is 32.1. The van der Waals surface area contributed by atoms with Gasteiger partial charge in [-0.25, -0.2) is 0 Å². The maximum Gasteiger partial charge on any atom is 0.0498 e. The number of fused-ring (bicyclic) bond motifs is 3. The van der Waals surface area contributed by atoms with Crippen molar-refractivity contribution in [3.63, 3.8) is 0 Å². The average molecular weight is 251 g/mol. The summed E-state index contributed by atoms with van der Waals surface area (Å²) in [5, 5.41) is 8.17. The van der Waals surface area contributed by atoms with E-state index in [0.717, 1.165) is 6.54 Å². The molecule has 4 heterocycles. The number of piperazine rings is 3. The summed E-state index contributed by atoms with van der Waals surface area (Å²) >= 11 is 1.81. The van der Waals surface area contributed by atoms with Gasteiger partial charge < -0.3 is 5.32 Å². The molecule has 3 saturated heterocycles. The van der Waals surface area contributed by atoms with E-state index in [4.69, 9.17) is 0 Å². The minimum atomic E-state index is 0.509. The summed E-state index contributed by atoms with van der Waals surface area (Å²) in [6.07, 6.45) is 0. The van der Waals surface area contributed by atoms with E-state index in [-0.39, 0.29) is 0 Å². The van der Waals surface area contributed by atoms with Gasteiger partial charge in [0.25, 0.3) is 0 Å². The second-order valence-corrected chi connectivity index (χ2v) is 5.78. The molecule has 0 spiro atoms. The Labute approximate surface area is 107 Å². The average Bonchev–Trinajstić information content (AvgIpc) is 2.91. The van der Waals surface area contributed by atoms with Gasteiger partial charge in [0.1, 0.15) is 0 Å². The van der Waals surface area contributed by atoms with Crippen LogP contribution >= 0.6 is 11.3 Å². The molecule has 1 N–H and O–H groups in total. The molecule has 3 aliphatic heterocycles. The Hall–Kier alpha value is -0.420. The SMILES string of the molecule is CCNC(c1ccsc1)C1CN2CCN1CC2. The third-order valence-electron chi connectivity index (χ3n) is 4.03. The molecule has 0 amide bonds. The standard InChI is InChI=1S/C13H21N3S/c1-2-14-13(11-3-8-17-10-11)12-9-15-4-6-16(12)7-5-15/h3,8,10,12-14H,2,4-7,9H2,1H3. The molecule has 1 aromatic heterocycles. The maximum absolute atomic E-state index is 3.68. The highest BCUT2D eigenvalue weighted by molar-refractivity contribution is 7.07. The Bertz CT molecular complexity index is 344. The molecule has 4 rings (SSSR count). The molecule has 2 unspecified atom stereocenters. The second kappa shape index (κ2) is 5.06. The summed E-state index contributed by atoms with van der Waals surface area (Å²) in [5.74, 6) is 0. The molecule has 3 nitrogen and oxygen atoms in total. The molecule has 0 aromatic carbocycles. The molecule has 0 radical (unpaired) electrons. The molecule has 4 heteroatoms. The number of likely N-dealkylation sites (N-methyl/N-ethyl adjacent to an activating group) is 1. The van der Waals surface area contributed by atoms with Crippen molar-refractivity contribution in [2.75, 3.05) is 39.3 Å². The summed E-state index contributed by atoms with van der Waals surface area (Å²) in [7, 11) is 0. The van der Waals surface area contributed by atoms with E-state index in [1.165, 1.54) is 38.3 Å². The summed E-state index contributed by atoms with van der Waals surface area (Å²) < 4.78 is 0. The van der Waals surface area contributed by atoms with Gasteiger partial charge in [-0.2, -0.15) is 11.3 Å². The predicted molar refractivity (Wildman–Crippen MR) is 72.5 cm³/mol. The molecular formula is C13H21N3S. The number of hydrogen-bond acceptors (Lipinski definition) is 4. The van der Waals surface area contributed by atoms with Gasteiger partial charge in [0.2, 0.25) is 0 Å². The molecule has 0 aliphatic carbocycles. The molecule has 17 heavy (non-hydrogen) atoms. The van der Waals surface area contributed by atoms with Crippen molar-refractivity contribution in [3.05, 3.63) is 22.4 Å². The molecule has 2 bridgehead atoms. The van der Waals surface area contributed by atoms with Crippen molar-refractivity contribution < 1.29 is 0 Å². The van der Waals surface area contributed by atoms with Gasteiger partial charge in [-0.3, -0.25) is 9.80 Å². The van der Waals surface area contributed by atoms with Crippen LogP contribution in [0, 0.1) is 0 Å². The first-order valence-electron chi connectivity index (χ1n) is 6.60. The lowest BCUT2D eigenvalue weighted by molar-refractivity contribution is -0.00336. The van der Waals surface area contributed by atoms with Crippen LogP contribution in [0.25, 0.3) is 0 Å². The third kappa shape index (κ3) is 2.27. The zero-order valence-corrected chi connectivity index (χ0v) is 11.2. The lowest BCUT2D eigenvalue weighted by Crippen LogP contribution is -2.63. The van der Waals surface area contributed by atoms with Crippen LogP contribution in [-0.4, -0.2) is 55.1 Å². The monoisotopic (exact) mass is 251 g/mol. The minimum absolute atomic E-state index is 0.509. The third-order valence-corrected chi connectivity index (χ3v) is 4.73. The van der Waals surface area contributed by atoms with E-state index in [0.29, 0.717) is 12.1 Å². The fourth-order valence-electron chi connectivity index (χ4n) is 3.12. The molecule has 0 saturated carbocycles. The maximum atomic E-state index is 3.68. The Morgan fingerprint density at radius 3 is 2.76 bits per heavy atom. The van der Waals surface area contributed by atoms with Crippen molar-refractivity contribution in [1.29, 1.82) is 0 Å². The van der Waals surface area contributed by atoms with Crippen LogP contribution in [-0.2, 0) is 0 Å². The molecular weight excluding hydrogens is 230 g/mol. The number of hydrogen-bond donors (Lipinski definition) is 1. The van der Waals surface area contributed by atoms with Crippen LogP contribution in [0.4, 0.5) is 0 Å². The summed E-state index contributed by atoms with van der Waals surface area (Å²) in [6, 6.07) is 3.44. The van der Waals surface area contributed by atoms with Gasteiger partial charge in [0, 0.05) is 44.8 Å². The number of thiophene rings is 1. The zero-order chi connectivity index (χ0) is 11.7. The molecule has 3 aliphatic rings. The first-order chi connectivity index (χ1) is 8.38. The van der Waals surface area contributed by atoms with E-state index >= 15 is 0 Å². The predicted octanol–water partition coefficient (Wildman–Crippen LogP) is 1.40. The van der Waals surface area contributed by atoms with Crippen LogP contribution in [0.1, 0.15) is 18.5 Å². The fraction of sp³-hybridized carbons (Fsp3) is 0.692. The van der Waals surface area contributed by atoms with Crippen molar-refractivity contribution in [2.24, 2.45) is 0 Å². The Kier molecular flexibility index (Phi) is 3.47. The van der Waals surface area contributed by atoms with Crippen molar-refractivity contribution in [1.82, 2.24) is 15.1 Å². The van der Waals surface area contributed by atoms with E-state index in [2.05, 4.69) is 38.9 Å². The summed E-state index contributed by atoms with van der Waals surface area (Å²) in [4.78, 5) is 5.28. The Balaban J connectivity index is 1.79. The molecule has 3 fully saturated rings. The number of nitrogens with one attached hydrogen (secondary N) is 1. The van der Waals surface area contributed by atoms with Crippen LogP contribution in [0.3, 0.4) is 0 Å². The van der Waals surface area contributed by atoms with Crippen molar-refractivity contribution in [3.8, 4) is 0 Å². The smallest absolute Gasteiger partial charge is 0.0498 e. The minimum Gasteiger partial charge on any atom is -0.309 e. The molecule has 2 atom stereocenters. The van der Waals surface area contributed by atoms with Crippen LogP contribution in [0.2, 0.25) is 0 Å². The number of rotatable bonds is 4. The van der Waals surface area contributed by atoms with Crippen molar-refractivity contribution >= 4 is 11.3 Å². The normalized spacial score (nSPS) is 33.8. The largest absolute Gasteiger partial charge is 0.309 e. The quantitative estimate of drug-likeness (QED) is 0.872. The van der Waals surface area contributed by atoms with Crippen LogP contribution in [0.15, 0.2) is 16.8 Å². The van der Waals surface area contributed by atoms with Gasteiger partial charge >= 0.3 is 0 Å². The highest BCUT2D eigenvalue weighted by Gasteiger charge is 2.37. The van der Waals surface area contributed by atoms with Gasteiger partial charge in [-0.15, -0.1) is 0 Å². The van der Waals surface area contributed by atoms with Crippen molar-refractivity contribution in [2.45, 2.75) is 19.0 Å². The highest BCUT2D eigenvalue weighted by Crippen LogP contribution is 2.28. The van der Waals surface area contributed by atoms with Crippen LogP contribution in [0.5, 0.6) is 0 Å². The zero-order valence-electron chi connectivity index (χ0n) is 10.4. The van der Waals surface area contributed by atoms with E-state index in [1.807, 2.05) is 0 Å². The molecule has 1 aromatic rings. The first kappa shape index (κ1) is 11.7.